The Morgan fingerprint density at radius 1 is 1.50 bits per heavy atom. The van der Waals surface area contributed by atoms with Crippen molar-refractivity contribution in [3.63, 3.8) is 0 Å². The number of piperidine rings is 1. The Bertz CT molecular complexity index is 504. The summed E-state index contributed by atoms with van der Waals surface area (Å²) < 4.78 is 0. The van der Waals surface area contributed by atoms with E-state index in [0.717, 1.165) is 37.4 Å². The predicted molar refractivity (Wildman–Crippen MR) is 81.8 cm³/mol. The van der Waals surface area contributed by atoms with Crippen molar-refractivity contribution in [1.29, 1.82) is 0 Å². The SMILES string of the molecule is CCCC1CCN(C(=O)c2sccc2C#CCO)CC1. The van der Waals surface area contributed by atoms with Crippen molar-refractivity contribution in [3.8, 4) is 11.8 Å². The molecule has 1 saturated heterocycles. The smallest absolute Gasteiger partial charge is 0.265 e. The molecule has 1 aliphatic heterocycles. The van der Waals surface area contributed by atoms with Crippen LogP contribution in [0.2, 0.25) is 0 Å². The first-order valence-electron chi connectivity index (χ1n) is 7.22. The number of likely N-dealkylation sites (tertiary alicyclic amines) is 1. The molecule has 0 aromatic carbocycles. The van der Waals surface area contributed by atoms with E-state index in [1.165, 1.54) is 24.2 Å². The summed E-state index contributed by atoms with van der Waals surface area (Å²) in [5.74, 6) is 6.34. The lowest BCUT2D eigenvalue weighted by Gasteiger charge is -2.31. The lowest BCUT2D eigenvalue weighted by Crippen LogP contribution is -2.38. The maximum absolute atomic E-state index is 12.5. The zero-order valence-corrected chi connectivity index (χ0v) is 12.7. The van der Waals surface area contributed by atoms with Gasteiger partial charge in [-0.3, -0.25) is 4.79 Å². The van der Waals surface area contributed by atoms with Crippen molar-refractivity contribution in [2.75, 3.05) is 19.7 Å². The van der Waals surface area contributed by atoms with E-state index in [2.05, 4.69) is 18.8 Å². The Balaban J connectivity index is 2.00. The molecule has 0 atom stereocenters. The van der Waals surface area contributed by atoms with E-state index >= 15 is 0 Å². The molecule has 0 unspecified atom stereocenters. The average Bonchev–Trinajstić information content (AvgIpc) is 2.94. The van der Waals surface area contributed by atoms with Crippen molar-refractivity contribution < 1.29 is 9.90 Å². The first kappa shape index (κ1) is 15.1. The zero-order valence-electron chi connectivity index (χ0n) is 11.9. The maximum Gasteiger partial charge on any atom is 0.265 e. The van der Waals surface area contributed by atoms with Crippen LogP contribution in [-0.4, -0.2) is 35.6 Å². The number of amides is 1. The van der Waals surface area contributed by atoms with Crippen LogP contribution in [0.3, 0.4) is 0 Å². The van der Waals surface area contributed by atoms with Gasteiger partial charge in [-0.25, -0.2) is 0 Å². The van der Waals surface area contributed by atoms with Gasteiger partial charge in [0.15, 0.2) is 0 Å². The second kappa shape index (κ2) is 7.47. The summed E-state index contributed by atoms with van der Waals surface area (Å²) in [6.45, 7) is 3.75. The number of hydrogen-bond donors (Lipinski definition) is 1. The van der Waals surface area contributed by atoms with Gasteiger partial charge >= 0.3 is 0 Å². The lowest BCUT2D eigenvalue weighted by molar-refractivity contribution is 0.0691. The molecule has 3 nitrogen and oxygen atoms in total. The van der Waals surface area contributed by atoms with Gasteiger partial charge in [0.1, 0.15) is 11.5 Å². The topological polar surface area (TPSA) is 40.5 Å². The quantitative estimate of drug-likeness (QED) is 0.870. The summed E-state index contributed by atoms with van der Waals surface area (Å²) in [5, 5.41) is 10.6. The molecule has 20 heavy (non-hydrogen) atoms. The van der Waals surface area contributed by atoms with Crippen molar-refractivity contribution >= 4 is 17.2 Å². The van der Waals surface area contributed by atoms with Crippen molar-refractivity contribution in [1.82, 2.24) is 4.90 Å². The Morgan fingerprint density at radius 2 is 2.25 bits per heavy atom. The number of hydrogen-bond acceptors (Lipinski definition) is 3. The van der Waals surface area contributed by atoms with Gasteiger partial charge < -0.3 is 10.0 Å². The zero-order chi connectivity index (χ0) is 14.4. The molecule has 108 valence electrons. The van der Waals surface area contributed by atoms with Crippen LogP contribution in [0.25, 0.3) is 0 Å². The van der Waals surface area contributed by atoms with Gasteiger partial charge in [-0.2, -0.15) is 0 Å². The van der Waals surface area contributed by atoms with Gasteiger partial charge in [0.25, 0.3) is 5.91 Å². The third-order valence-corrected chi connectivity index (χ3v) is 4.66. The van der Waals surface area contributed by atoms with Crippen LogP contribution in [0, 0.1) is 17.8 Å². The highest BCUT2D eigenvalue weighted by molar-refractivity contribution is 7.12. The summed E-state index contributed by atoms with van der Waals surface area (Å²) in [6, 6.07) is 1.85. The van der Waals surface area contributed by atoms with Crippen molar-refractivity contribution in [2.45, 2.75) is 32.6 Å². The number of rotatable bonds is 3. The van der Waals surface area contributed by atoms with Crippen LogP contribution in [0.1, 0.15) is 47.8 Å². The molecule has 0 radical (unpaired) electrons. The minimum absolute atomic E-state index is 0.0946. The fraction of sp³-hybridized carbons (Fsp3) is 0.562. The second-order valence-corrected chi connectivity index (χ2v) is 6.06. The summed E-state index contributed by atoms with van der Waals surface area (Å²) in [7, 11) is 0. The van der Waals surface area contributed by atoms with E-state index < -0.39 is 0 Å². The summed E-state index contributed by atoms with van der Waals surface area (Å²) >= 11 is 1.44. The van der Waals surface area contributed by atoms with Crippen molar-refractivity contribution in [2.24, 2.45) is 5.92 Å². The molecule has 2 rings (SSSR count). The molecule has 0 aliphatic carbocycles. The lowest BCUT2D eigenvalue weighted by atomic mass is 9.92. The standard InChI is InChI=1S/C16H21NO2S/c1-2-4-13-6-9-17(10-7-13)16(19)15-14(5-3-11-18)8-12-20-15/h8,12-13,18H,2,4,6-7,9-11H2,1H3. The number of aliphatic hydroxyl groups excluding tert-OH is 1. The van der Waals surface area contributed by atoms with E-state index in [1.807, 2.05) is 16.3 Å². The molecule has 1 N–H and O–H groups in total. The van der Waals surface area contributed by atoms with Gasteiger partial charge in [-0.1, -0.05) is 31.6 Å². The monoisotopic (exact) mass is 291 g/mol. The Kier molecular flexibility index (Phi) is 5.63. The molecule has 1 aromatic rings. The molecule has 1 amide bonds. The Hall–Kier alpha value is -1.31. The number of thiophene rings is 1. The number of carbonyl (C=O) groups excluding carboxylic acids is 1. The van der Waals surface area contributed by atoms with E-state index in [1.54, 1.807) is 0 Å². The van der Waals surface area contributed by atoms with Gasteiger partial charge in [0.2, 0.25) is 0 Å². The van der Waals surface area contributed by atoms with Crippen LogP contribution in [0.4, 0.5) is 0 Å². The van der Waals surface area contributed by atoms with E-state index in [4.69, 9.17) is 5.11 Å². The molecule has 0 spiro atoms. The minimum Gasteiger partial charge on any atom is -0.384 e. The highest BCUT2D eigenvalue weighted by Gasteiger charge is 2.25. The van der Waals surface area contributed by atoms with Gasteiger partial charge in [0, 0.05) is 18.7 Å². The number of carbonyl (C=O) groups is 1. The second-order valence-electron chi connectivity index (χ2n) is 5.15. The predicted octanol–water partition coefficient (Wildman–Crippen LogP) is 2.74. The average molecular weight is 291 g/mol. The third kappa shape index (κ3) is 3.62. The number of nitrogens with zero attached hydrogens (tertiary/aromatic N) is 1. The number of aliphatic hydroxyl groups is 1. The molecular weight excluding hydrogens is 270 g/mol. The van der Waals surface area contributed by atoms with E-state index in [0.29, 0.717) is 4.88 Å². The van der Waals surface area contributed by atoms with Gasteiger partial charge in [0.05, 0.1) is 0 Å². The first-order chi connectivity index (χ1) is 9.76. The largest absolute Gasteiger partial charge is 0.384 e. The molecule has 1 aromatic heterocycles. The maximum atomic E-state index is 12.5. The Labute approximate surface area is 124 Å². The van der Waals surface area contributed by atoms with Crippen LogP contribution in [0.15, 0.2) is 11.4 Å². The van der Waals surface area contributed by atoms with Gasteiger partial charge in [-0.05, 0) is 30.2 Å². The fourth-order valence-corrected chi connectivity index (χ4v) is 3.50. The Morgan fingerprint density at radius 3 is 2.90 bits per heavy atom. The third-order valence-electron chi connectivity index (χ3n) is 3.76. The van der Waals surface area contributed by atoms with Gasteiger partial charge in [-0.15, -0.1) is 11.3 Å². The van der Waals surface area contributed by atoms with Crippen molar-refractivity contribution in [3.05, 3.63) is 21.9 Å². The molecule has 2 heterocycles. The molecule has 0 bridgehead atoms. The molecule has 1 fully saturated rings. The summed E-state index contributed by atoms with van der Waals surface area (Å²) in [6.07, 6.45) is 4.73. The normalized spacial score (nSPS) is 15.8. The summed E-state index contributed by atoms with van der Waals surface area (Å²) in [4.78, 5) is 15.2. The molecule has 0 saturated carbocycles. The highest BCUT2D eigenvalue weighted by Crippen LogP contribution is 2.25. The summed E-state index contributed by atoms with van der Waals surface area (Å²) in [5.41, 5.74) is 0.740. The minimum atomic E-state index is -0.175. The molecular formula is C16H21NO2S. The van der Waals surface area contributed by atoms with Crippen LogP contribution < -0.4 is 0 Å². The first-order valence-corrected chi connectivity index (χ1v) is 8.10. The van der Waals surface area contributed by atoms with Crippen LogP contribution in [0.5, 0.6) is 0 Å². The van der Waals surface area contributed by atoms with Crippen LogP contribution in [-0.2, 0) is 0 Å². The van der Waals surface area contributed by atoms with Crippen LogP contribution >= 0.6 is 11.3 Å². The van der Waals surface area contributed by atoms with E-state index in [9.17, 15) is 4.79 Å². The molecule has 4 heteroatoms. The molecule has 1 aliphatic rings. The van der Waals surface area contributed by atoms with E-state index in [-0.39, 0.29) is 12.5 Å². The highest BCUT2D eigenvalue weighted by atomic mass is 32.1. The fourth-order valence-electron chi connectivity index (χ4n) is 2.68.